The van der Waals surface area contributed by atoms with Crippen molar-refractivity contribution in [2.24, 2.45) is 0 Å². The first-order valence-electron chi connectivity index (χ1n) is 30.1. The second-order valence-electron chi connectivity index (χ2n) is 20.7. The summed E-state index contributed by atoms with van der Waals surface area (Å²) >= 11 is 0. The first-order valence-corrected chi connectivity index (χ1v) is 30.1. The highest BCUT2D eigenvalue weighted by Crippen LogP contribution is 2.17. The molecule has 0 bridgehead atoms. The number of unbranched alkanes of at least 4 members (excludes halogenated alkanes) is 41. The molecule has 3 N–H and O–H groups in total. The molecule has 0 aliphatic carbocycles. The van der Waals surface area contributed by atoms with Crippen LogP contribution in [0.2, 0.25) is 0 Å². The third-order valence-electron chi connectivity index (χ3n) is 14.0. The summed E-state index contributed by atoms with van der Waals surface area (Å²) < 4.78 is 5.47. The normalized spacial score (nSPS) is 12.7. The molecule has 0 aromatic carbocycles. The number of ether oxygens (including phenoxy) is 1. The number of carbonyl (C=O) groups excluding carboxylic acids is 2. The largest absolute Gasteiger partial charge is 0.466 e. The average molecular weight is 945 g/mol. The molecule has 0 radical (unpaired) electrons. The Balaban J connectivity index is 3.43. The Hall–Kier alpha value is -1.66. The number of nitrogens with one attached hydrogen (secondary N) is 1. The van der Waals surface area contributed by atoms with Gasteiger partial charge in [-0.15, -0.1) is 0 Å². The Morgan fingerprint density at radius 1 is 0.403 bits per heavy atom. The minimum Gasteiger partial charge on any atom is -0.466 e. The number of esters is 1. The zero-order valence-corrected chi connectivity index (χ0v) is 45.1. The van der Waals surface area contributed by atoms with Gasteiger partial charge in [-0.3, -0.25) is 9.59 Å². The molecule has 6 nitrogen and oxygen atoms in total. The van der Waals surface area contributed by atoms with Crippen LogP contribution < -0.4 is 5.32 Å². The van der Waals surface area contributed by atoms with Gasteiger partial charge in [0.05, 0.1) is 25.4 Å². The molecule has 1 amide bonds. The van der Waals surface area contributed by atoms with E-state index < -0.39 is 12.1 Å². The van der Waals surface area contributed by atoms with E-state index in [1.807, 2.05) is 0 Å². The van der Waals surface area contributed by atoms with Crippen molar-refractivity contribution in [1.29, 1.82) is 0 Å². The number of carbonyl (C=O) groups is 2. The van der Waals surface area contributed by atoms with Crippen molar-refractivity contribution < 1.29 is 24.5 Å². The first kappa shape index (κ1) is 65.3. The van der Waals surface area contributed by atoms with E-state index in [1.165, 1.54) is 250 Å². The molecular formula is C61H117NO5. The van der Waals surface area contributed by atoms with Gasteiger partial charge >= 0.3 is 5.97 Å². The van der Waals surface area contributed by atoms with E-state index in [-0.39, 0.29) is 18.5 Å². The molecule has 2 atom stereocenters. The number of hydrogen-bond acceptors (Lipinski definition) is 5. The van der Waals surface area contributed by atoms with E-state index >= 15 is 0 Å². The molecule has 0 saturated carbocycles. The Bertz CT molecular complexity index is 1040. The molecule has 2 unspecified atom stereocenters. The predicted octanol–water partition coefficient (Wildman–Crippen LogP) is 18.6. The van der Waals surface area contributed by atoms with Gasteiger partial charge in [0.15, 0.2) is 0 Å². The van der Waals surface area contributed by atoms with Crippen LogP contribution in [0.1, 0.15) is 328 Å². The highest BCUT2D eigenvalue weighted by Gasteiger charge is 2.20. The van der Waals surface area contributed by atoms with Crippen LogP contribution in [0.5, 0.6) is 0 Å². The molecule has 0 spiro atoms. The molecule has 0 fully saturated rings. The summed E-state index contributed by atoms with van der Waals surface area (Å²) in [6.45, 7) is 4.95. The number of aliphatic hydroxyl groups is 2. The van der Waals surface area contributed by atoms with Crippen LogP contribution in [0, 0.1) is 0 Å². The van der Waals surface area contributed by atoms with E-state index in [9.17, 15) is 19.8 Å². The maximum atomic E-state index is 12.5. The van der Waals surface area contributed by atoms with Crippen LogP contribution in [0.15, 0.2) is 24.3 Å². The summed E-state index contributed by atoms with van der Waals surface area (Å²) in [6, 6.07) is -0.547. The molecule has 0 saturated heterocycles. The summed E-state index contributed by atoms with van der Waals surface area (Å²) in [6.07, 6.45) is 68.9. The maximum absolute atomic E-state index is 12.5. The second kappa shape index (κ2) is 56.9. The Morgan fingerprint density at radius 3 is 1.06 bits per heavy atom. The minimum absolute atomic E-state index is 0.00138. The monoisotopic (exact) mass is 944 g/mol. The van der Waals surface area contributed by atoms with Crippen molar-refractivity contribution in [3.8, 4) is 0 Å². The summed E-state index contributed by atoms with van der Waals surface area (Å²) in [4.78, 5) is 24.5. The number of amides is 1. The molecule has 0 aliphatic rings. The minimum atomic E-state index is -0.669. The van der Waals surface area contributed by atoms with Gasteiger partial charge in [0, 0.05) is 12.8 Å². The smallest absolute Gasteiger partial charge is 0.305 e. The van der Waals surface area contributed by atoms with Gasteiger partial charge in [-0.25, -0.2) is 0 Å². The molecule has 0 aromatic heterocycles. The lowest BCUT2D eigenvalue weighted by atomic mass is 10.0. The van der Waals surface area contributed by atoms with E-state index in [0.717, 1.165) is 44.9 Å². The average Bonchev–Trinajstić information content (AvgIpc) is 3.33. The molecule has 0 heterocycles. The summed E-state index contributed by atoms with van der Waals surface area (Å²) in [5.74, 6) is -0.0436. The van der Waals surface area contributed by atoms with E-state index in [1.54, 1.807) is 0 Å². The lowest BCUT2D eigenvalue weighted by Crippen LogP contribution is -2.45. The van der Waals surface area contributed by atoms with Gasteiger partial charge in [0.25, 0.3) is 0 Å². The molecule has 0 rings (SSSR count). The Kier molecular flexibility index (Phi) is 55.5. The number of hydrogen-bond donors (Lipinski definition) is 3. The number of rotatable bonds is 56. The Labute approximate surface area is 418 Å². The molecule has 0 aromatic rings. The maximum Gasteiger partial charge on any atom is 0.305 e. The van der Waals surface area contributed by atoms with Crippen LogP contribution in [0.4, 0.5) is 0 Å². The fourth-order valence-electron chi connectivity index (χ4n) is 9.34. The van der Waals surface area contributed by atoms with Crippen molar-refractivity contribution in [3.63, 3.8) is 0 Å². The summed E-state index contributed by atoms with van der Waals surface area (Å²) in [7, 11) is 0. The van der Waals surface area contributed by atoms with Gasteiger partial charge in [0.2, 0.25) is 5.91 Å². The second-order valence-corrected chi connectivity index (χ2v) is 20.7. The van der Waals surface area contributed by atoms with E-state index in [4.69, 9.17) is 4.74 Å². The van der Waals surface area contributed by atoms with Gasteiger partial charge in [-0.1, -0.05) is 263 Å². The van der Waals surface area contributed by atoms with Gasteiger partial charge in [0.1, 0.15) is 0 Å². The molecule has 67 heavy (non-hydrogen) atoms. The lowest BCUT2D eigenvalue weighted by Gasteiger charge is -2.22. The third-order valence-corrected chi connectivity index (χ3v) is 14.0. The predicted molar refractivity (Wildman–Crippen MR) is 292 cm³/mol. The highest BCUT2D eigenvalue weighted by atomic mass is 16.5. The first-order chi connectivity index (χ1) is 33.0. The molecule has 396 valence electrons. The zero-order chi connectivity index (χ0) is 48.6. The standard InChI is InChI=1S/C61H117NO5/c1-3-5-7-9-11-13-15-17-25-29-33-37-41-45-49-53-59(64)58(57-63)62-60(65)54-50-46-42-38-34-30-27-23-21-19-20-22-24-28-32-36-40-44-48-52-56-67-61(66)55-51-47-43-39-35-31-26-18-16-14-12-10-8-6-4-2/h18-19,21,26,58-59,63-64H,3-17,20,22-25,27-57H2,1-2H3,(H,62,65)/b21-19-,26-18-. The molecular weight excluding hydrogens is 827 g/mol. The SMILES string of the molecule is CCCCCCCC/C=C\CCCCCCCC(=O)OCCCCCCCCCCC/C=C\CCCCCCCCCC(=O)NC(CO)C(O)CCCCCCCCCCCCCCCCC. The van der Waals surface area contributed by atoms with Gasteiger partial charge < -0.3 is 20.3 Å². The third kappa shape index (κ3) is 53.5. The summed E-state index contributed by atoms with van der Waals surface area (Å²) in [5, 5.41) is 23.3. The van der Waals surface area contributed by atoms with Gasteiger partial charge in [-0.05, 0) is 77.0 Å². The van der Waals surface area contributed by atoms with E-state index in [0.29, 0.717) is 25.9 Å². The van der Waals surface area contributed by atoms with Crippen molar-refractivity contribution >= 4 is 11.9 Å². The van der Waals surface area contributed by atoms with Crippen molar-refractivity contribution in [2.75, 3.05) is 13.2 Å². The fraction of sp³-hybridized carbons (Fsp3) is 0.902. The quantitative estimate of drug-likeness (QED) is 0.0321. The molecule has 0 aliphatic heterocycles. The van der Waals surface area contributed by atoms with Crippen LogP contribution in [-0.2, 0) is 14.3 Å². The lowest BCUT2D eigenvalue weighted by molar-refractivity contribution is -0.143. The van der Waals surface area contributed by atoms with Crippen molar-refractivity contribution in [1.82, 2.24) is 5.32 Å². The highest BCUT2D eigenvalue weighted by molar-refractivity contribution is 5.76. The van der Waals surface area contributed by atoms with Crippen LogP contribution in [-0.4, -0.2) is 47.4 Å². The van der Waals surface area contributed by atoms with Crippen LogP contribution >= 0.6 is 0 Å². The fourth-order valence-corrected chi connectivity index (χ4v) is 9.34. The van der Waals surface area contributed by atoms with E-state index in [2.05, 4.69) is 43.5 Å². The number of aliphatic hydroxyl groups excluding tert-OH is 2. The zero-order valence-electron chi connectivity index (χ0n) is 45.1. The molecule has 6 heteroatoms. The van der Waals surface area contributed by atoms with Gasteiger partial charge in [-0.2, -0.15) is 0 Å². The number of allylic oxidation sites excluding steroid dienone is 4. The summed E-state index contributed by atoms with van der Waals surface area (Å²) in [5.41, 5.74) is 0. The van der Waals surface area contributed by atoms with Crippen LogP contribution in [0.3, 0.4) is 0 Å². The van der Waals surface area contributed by atoms with Crippen molar-refractivity contribution in [2.45, 2.75) is 341 Å². The van der Waals surface area contributed by atoms with Crippen LogP contribution in [0.25, 0.3) is 0 Å². The Morgan fingerprint density at radius 2 is 0.701 bits per heavy atom. The van der Waals surface area contributed by atoms with Crippen molar-refractivity contribution in [3.05, 3.63) is 24.3 Å². The topological polar surface area (TPSA) is 95.9 Å².